The van der Waals surface area contributed by atoms with Gasteiger partial charge in [0.1, 0.15) is 0 Å². The molecule has 1 saturated heterocycles. The molecule has 20 heavy (non-hydrogen) atoms. The molecule has 6 heteroatoms. The average molecular weight is 285 g/mol. The third-order valence-corrected chi connectivity index (χ3v) is 3.67. The third-order valence-electron chi connectivity index (χ3n) is 3.67. The zero-order chi connectivity index (χ0) is 14.7. The summed E-state index contributed by atoms with van der Waals surface area (Å²) < 4.78 is 32.7. The van der Waals surface area contributed by atoms with Crippen LogP contribution in [0, 0.1) is 17.6 Å². The number of carboxylic acids is 1. The second-order valence-electron chi connectivity index (χ2n) is 4.98. The molecule has 2 N–H and O–H groups in total. The van der Waals surface area contributed by atoms with Crippen molar-refractivity contribution in [3.63, 3.8) is 0 Å². The molecule has 1 aromatic carbocycles. The Labute approximate surface area is 115 Å². The van der Waals surface area contributed by atoms with Crippen molar-refractivity contribution in [2.24, 2.45) is 5.92 Å². The van der Waals surface area contributed by atoms with Crippen LogP contribution in [-0.2, 0) is 4.74 Å². The molecule has 0 aromatic heterocycles. The summed E-state index contributed by atoms with van der Waals surface area (Å²) in [5, 5.41) is 11.6. The van der Waals surface area contributed by atoms with Crippen molar-refractivity contribution >= 4 is 11.7 Å². The van der Waals surface area contributed by atoms with Gasteiger partial charge in [0.05, 0.1) is 11.3 Å². The fourth-order valence-electron chi connectivity index (χ4n) is 2.41. The summed E-state index contributed by atoms with van der Waals surface area (Å²) in [6, 6.07) is 2.29. The topological polar surface area (TPSA) is 58.6 Å². The van der Waals surface area contributed by atoms with Crippen LogP contribution in [0.2, 0.25) is 0 Å². The molecule has 2 rings (SSSR count). The van der Waals surface area contributed by atoms with Gasteiger partial charge in [-0.15, -0.1) is 0 Å². The number of hydrogen-bond acceptors (Lipinski definition) is 3. The summed E-state index contributed by atoms with van der Waals surface area (Å²) >= 11 is 0. The van der Waals surface area contributed by atoms with Crippen LogP contribution in [-0.4, -0.2) is 30.3 Å². The van der Waals surface area contributed by atoms with Gasteiger partial charge in [0.2, 0.25) is 0 Å². The summed E-state index contributed by atoms with van der Waals surface area (Å²) in [6.07, 6.45) is 1.73. The van der Waals surface area contributed by atoms with Gasteiger partial charge in [0.15, 0.2) is 11.6 Å². The Balaban J connectivity index is 2.13. The van der Waals surface area contributed by atoms with Crippen molar-refractivity contribution < 1.29 is 23.4 Å². The zero-order valence-corrected chi connectivity index (χ0v) is 11.2. The molecule has 1 unspecified atom stereocenters. The van der Waals surface area contributed by atoms with E-state index >= 15 is 0 Å². The summed E-state index contributed by atoms with van der Waals surface area (Å²) in [6.45, 7) is 3.25. The van der Waals surface area contributed by atoms with Gasteiger partial charge in [0.25, 0.3) is 0 Å². The Morgan fingerprint density at radius 2 is 2.00 bits per heavy atom. The van der Waals surface area contributed by atoms with Crippen LogP contribution in [0.25, 0.3) is 0 Å². The first kappa shape index (κ1) is 14.7. The third kappa shape index (κ3) is 3.07. The van der Waals surface area contributed by atoms with Gasteiger partial charge in [-0.2, -0.15) is 0 Å². The first-order valence-electron chi connectivity index (χ1n) is 6.56. The van der Waals surface area contributed by atoms with Crippen LogP contribution in [0.4, 0.5) is 14.5 Å². The van der Waals surface area contributed by atoms with E-state index in [9.17, 15) is 13.6 Å². The standard InChI is InChI=1S/C14H17F2NO3/c1-8(9-4-6-20-7-5-9)17-11-3-2-10(14(18)19)12(15)13(11)16/h2-3,8-9,17H,4-7H2,1H3,(H,18,19). The minimum atomic E-state index is -1.48. The Kier molecular flexibility index (Phi) is 4.54. The maximum absolute atomic E-state index is 13.8. The van der Waals surface area contributed by atoms with Gasteiger partial charge in [-0.3, -0.25) is 0 Å². The number of hydrogen-bond donors (Lipinski definition) is 2. The highest BCUT2D eigenvalue weighted by Gasteiger charge is 2.23. The van der Waals surface area contributed by atoms with Crippen molar-refractivity contribution in [3.8, 4) is 0 Å². The lowest BCUT2D eigenvalue weighted by Gasteiger charge is -2.29. The summed E-state index contributed by atoms with van der Waals surface area (Å²) in [4.78, 5) is 10.7. The maximum atomic E-state index is 13.8. The minimum Gasteiger partial charge on any atom is -0.478 e. The van der Waals surface area contributed by atoms with Gasteiger partial charge < -0.3 is 15.2 Å². The molecule has 0 spiro atoms. The van der Waals surface area contributed by atoms with Gasteiger partial charge >= 0.3 is 5.97 Å². The van der Waals surface area contributed by atoms with E-state index in [1.807, 2.05) is 6.92 Å². The molecule has 1 aliphatic heterocycles. The van der Waals surface area contributed by atoms with E-state index < -0.39 is 23.2 Å². The van der Waals surface area contributed by atoms with Crippen LogP contribution in [0.3, 0.4) is 0 Å². The van der Waals surface area contributed by atoms with Gasteiger partial charge in [0, 0.05) is 19.3 Å². The summed E-state index contributed by atoms with van der Waals surface area (Å²) in [7, 11) is 0. The molecule has 0 saturated carbocycles. The van der Waals surface area contributed by atoms with Gasteiger partial charge in [-0.25, -0.2) is 13.6 Å². The minimum absolute atomic E-state index is 0.00788. The molecule has 1 aliphatic rings. The lowest BCUT2D eigenvalue weighted by atomic mass is 9.92. The monoisotopic (exact) mass is 285 g/mol. The maximum Gasteiger partial charge on any atom is 0.338 e. The van der Waals surface area contributed by atoms with Crippen LogP contribution in [0.5, 0.6) is 0 Å². The molecule has 0 radical (unpaired) electrons. The first-order chi connectivity index (χ1) is 9.50. The number of rotatable bonds is 4. The van der Waals surface area contributed by atoms with Crippen molar-refractivity contribution in [2.75, 3.05) is 18.5 Å². The molecular formula is C14H17F2NO3. The molecule has 0 amide bonds. The predicted octanol–water partition coefficient (Wildman–Crippen LogP) is 2.89. The highest BCUT2D eigenvalue weighted by molar-refractivity contribution is 5.88. The van der Waals surface area contributed by atoms with E-state index in [1.165, 1.54) is 6.07 Å². The van der Waals surface area contributed by atoms with E-state index in [0.717, 1.165) is 18.9 Å². The average Bonchev–Trinajstić information content (AvgIpc) is 2.44. The lowest BCUT2D eigenvalue weighted by molar-refractivity contribution is 0.0622. The number of halogens is 2. The Bertz CT molecular complexity index is 501. The normalized spacial score (nSPS) is 17.8. The van der Waals surface area contributed by atoms with Gasteiger partial charge in [-0.05, 0) is 37.8 Å². The number of nitrogens with one attached hydrogen (secondary N) is 1. The van der Waals surface area contributed by atoms with E-state index in [0.29, 0.717) is 19.1 Å². The van der Waals surface area contributed by atoms with Crippen LogP contribution >= 0.6 is 0 Å². The van der Waals surface area contributed by atoms with E-state index in [4.69, 9.17) is 9.84 Å². The molecule has 1 aromatic rings. The molecular weight excluding hydrogens is 268 g/mol. The SMILES string of the molecule is CC(Nc1ccc(C(=O)O)c(F)c1F)C1CCOCC1. The molecule has 110 valence electrons. The number of aromatic carboxylic acids is 1. The lowest BCUT2D eigenvalue weighted by Crippen LogP contribution is -2.31. The molecule has 1 fully saturated rings. The van der Waals surface area contributed by atoms with Crippen molar-refractivity contribution in [1.82, 2.24) is 0 Å². The van der Waals surface area contributed by atoms with E-state index in [1.54, 1.807) is 0 Å². The quantitative estimate of drug-likeness (QED) is 0.893. The number of carboxylic acid groups (broad SMARTS) is 1. The zero-order valence-electron chi connectivity index (χ0n) is 11.2. The molecule has 1 heterocycles. The summed E-state index contributed by atoms with van der Waals surface area (Å²) in [5.41, 5.74) is -0.668. The largest absolute Gasteiger partial charge is 0.478 e. The smallest absolute Gasteiger partial charge is 0.338 e. The number of ether oxygens (including phenoxy) is 1. The second kappa shape index (κ2) is 6.17. The second-order valence-corrected chi connectivity index (χ2v) is 4.98. The molecule has 0 aliphatic carbocycles. The highest BCUT2D eigenvalue weighted by atomic mass is 19.2. The fourth-order valence-corrected chi connectivity index (χ4v) is 2.41. The summed E-state index contributed by atoms with van der Waals surface area (Å²) in [5.74, 6) is -3.64. The fraction of sp³-hybridized carbons (Fsp3) is 0.500. The molecule has 4 nitrogen and oxygen atoms in total. The van der Waals surface area contributed by atoms with Crippen LogP contribution < -0.4 is 5.32 Å². The van der Waals surface area contributed by atoms with Gasteiger partial charge in [-0.1, -0.05) is 0 Å². The predicted molar refractivity (Wildman–Crippen MR) is 69.9 cm³/mol. The Morgan fingerprint density at radius 1 is 1.35 bits per heavy atom. The van der Waals surface area contributed by atoms with Crippen molar-refractivity contribution in [2.45, 2.75) is 25.8 Å². The Hall–Kier alpha value is -1.69. The van der Waals surface area contributed by atoms with Crippen molar-refractivity contribution in [3.05, 3.63) is 29.3 Å². The van der Waals surface area contributed by atoms with Crippen LogP contribution in [0.15, 0.2) is 12.1 Å². The molecule has 1 atom stereocenters. The number of anilines is 1. The van der Waals surface area contributed by atoms with E-state index in [-0.39, 0.29) is 11.7 Å². The Morgan fingerprint density at radius 3 is 2.60 bits per heavy atom. The first-order valence-corrected chi connectivity index (χ1v) is 6.56. The number of benzene rings is 1. The van der Waals surface area contributed by atoms with Crippen LogP contribution in [0.1, 0.15) is 30.1 Å². The molecule has 0 bridgehead atoms. The van der Waals surface area contributed by atoms with E-state index in [2.05, 4.69) is 5.32 Å². The number of carbonyl (C=O) groups is 1. The van der Waals surface area contributed by atoms with Crippen molar-refractivity contribution in [1.29, 1.82) is 0 Å². The highest BCUT2D eigenvalue weighted by Crippen LogP contribution is 2.25.